The first kappa shape index (κ1) is 25.5. The molecule has 1 aromatic heterocycles. The van der Waals surface area contributed by atoms with E-state index in [-0.39, 0.29) is 17.2 Å². The fourth-order valence-electron chi connectivity index (χ4n) is 5.04. The van der Waals surface area contributed by atoms with Crippen molar-refractivity contribution in [2.75, 3.05) is 40.5 Å². The number of pyridine rings is 1. The van der Waals surface area contributed by atoms with E-state index in [0.717, 1.165) is 11.3 Å². The van der Waals surface area contributed by atoms with E-state index in [1.807, 2.05) is 24.3 Å². The molecular formula is C27H33N3O6. The van der Waals surface area contributed by atoms with Gasteiger partial charge in [0.05, 0.1) is 14.2 Å². The molecule has 36 heavy (non-hydrogen) atoms. The number of aromatic nitrogens is 1. The van der Waals surface area contributed by atoms with Crippen molar-refractivity contribution in [2.24, 2.45) is 0 Å². The van der Waals surface area contributed by atoms with Crippen molar-refractivity contribution in [1.82, 2.24) is 14.4 Å². The Labute approximate surface area is 210 Å². The third-order valence-corrected chi connectivity index (χ3v) is 6.83. The molecule has 0 unspecified atom stereocenters. The van der Waals surface area contributed by atoms with Crippen LogP contribution in [0.4, 0.5) is 0 Å². The van der Waals surface area contributed by atoms with E-state index in [1.54, 1.807) is 15.5 Å². The van der Waals surface area contributed by atoms with Crippen LogP contribution in [0.3, 0.4) is 0 Å². The molecule has 0 spiro atoms. The minimum Gasteiger partial charge on any atom is -0.496 e. The molecule has 2 aliphatic rings. The minimum atomic E-state index is -0.630. The third-order valence-electron chi connectivity index (χ3n) is 6.83. The first-order valence-corrected chi connectivity index (χ1v) is 12.2. The van der Waals surface area contributed by atoms with E-state index in [4.69, 9.17) is 14.2 Å². The van der Waals surface area contributed by atoms with Gasteiger partial charge in [-0.2, -0.15) is 0 Å². The highest BCUT2D eigenvalue weighted by Crippen LogP contribution is 2.29. The lowest BCUT2D eigenvalue weighted by atomic mass is 10.1. The van der Waals surface area contributed by atoms with Crippen LogP contribution in [0.2, 0.25) is 0 Å². The molecule has 0 N–H and O–H groups in total. The summed E-state index contributed by atoms with van der Waals surface area (Å²) in [6.07, 6.45) is 3.46. The van der Waals surface area contributed by atoms with Crippen molar-refractivity contribution in [2.45, 2.75) is 38.4 Å². The second-order valence-electron chi connectivity index (χ2n) is 8.94. The SMILES string of the molecule is C=CCOc1ccccc1CN1CCc2c(C(=O)N3CCC[C@H]3C(=O)OC)c(OC)cc(=O)n2CC1. The van der Waals surface area contributed by atoms with Gasteiger partial charge in [-0.1, -0.05) is 30.9 Å². The Morgan fingerprint density at radius 1 is 1.11 bits per heavy atom. The molecule has 1 atom stereocenters. The maximum absolute atomic E-state index is 13.8. The molecule has 0 saturated carbocycles. The number of methoxy groups -OCH3 is 2. The third kappa shape index (κ3) is 5.16. The lowest BCUT2D eigenvalue weighted by Gasteiger charge is -2.25. The normalized spacial score (nSPS) is 17.7. The van der Waals surface area contributed by atoms with E-state index in [9.17, 15) is 14.4 Å². The van der Waals surface area contributed by atoms with Gasteiger partial charge in [-0.05, 0) is 18.9 Å². The molecule has 1 aromatic carbocycles. The summed E-state index contributed by atoms with van der Waals surface area (Å²) < 4.78 is 17.9. The Kier molecular flexibility index (Phi) is 8.10. The van der Waals surface area contributed by atoms with Crippen molar-refractivity contribution in [3.05, 3.63) is 70.2 Å². The molecule has 4 rings (SSSR count). The number of likely N-dealkylation sites (tertiary alicyclic amines) is 1. The highest BCUT2D eigenvalue weighted by Gasteiger charge is 2.38. The van der Waals surface area contributed by atoms with Crippen molar-refractivity contribution in [3.63, 3.8) is 0 Å². The second kappa shape index (κ2) is 11.4. The second-order valence-corrected chi connectivity index (χ2v) is 8.94. The van der Waals surface area contributed by atoms with Crippen LogP contribution in [0.25, 0.3) is 0 Å². The summed E-state index contributed by atoms with van der Waals surface area (Å²) in [6.45, 7) is 6.95. The van der Waals surface area contributed by atoms with Crippen LogP contribution >= 0.6 is 0 Å². The predicted octanol–water partition coefficient (Wildman–Crippen LogP) is 2.26. The average molecular weight is 496 g/mol. The van der Waals surface area contributed by atoms with E-state index >= 15 is 0 Å². The maximum atomic E-state index is 13.8. The number of benzene rings is 1. The monoisotopic (exact) mass is 495 g/mol. The summed E-state index contributed by atoms with van der Waals surface area (Å²) in [6, 6.07) is 8.61. The number of esters is 1. The maximum Gasteiger partial charge on any atom is 0.328 e. The van der Waals surface area contributed by atoms with Gasteiger partial charge in [0.1, 0.15) is 29.7 Å². The number of carbonyl (C=O) groups is 2. The number of para-hydroxylation sites is 1. The van der Waals surface area contributed by atoms with Crippen LogP contribution < -0.4 is 15.0 Å². The van der Waals surface area contributed by atoms with Crippen LogP contribution in [0.15, 0.2) is 47.8 Å². The molecule has 3 heterocycles. The lowest BCUT2D eigenvalue weighted by Crippen LogP contribution is -2.42. The smallest absolute Gasteiger partial charge is 0.328 e. The molecule has 0 aliphatic carbocycles. The molecule has 0 radical (unpaired) electrons. The number of amides is 1. The quantitative estimate of drug-likeness (QED) is 0.410. The standard InChI is InChI=1S/C27H33N3O6/c1-4-16-36-22-10-6-5-8-19(22)18-28-13-11-20-25(23(34-2)17-24(31)29(20)15-14-28)26(32)30-12-7-9-21(30)27(33)35-3/h4-6,8,10,17,21H,1,7,9,11-16,18H2,2-3H3/t21-/m0/s1. The van der Waals surface area contributed by atoms with Crippen molar-refractivity contribution >= 4 is 11.9 Å². The fraction of sp³-hybridized carbons (Fsp3) is 0.444. The summed E-state index contributed by atoms with van der Waals surface area (Å²) in [5.74, 6) is 0.308. The van der Waals surface area contributed by atoms with E-state index in [1.165, 1.54) is 20.3 Å². The topological polar surface area (TPSA) is 90.3 Å². The Bertz CT molecular complexity index is 1190. The molecule has 9 nitrogen and oxygen atoms in total. The zero-order valence-corrected chi connectivity index (χ0v) is 20.9. The highest BCUT2D eigenvalue weighted by molar-refractivity contribution is 6.00. The lowest BCUT2D eigenvalue weighted by molar-refractivity contribution is -0.145. The van der Waals surface area contributed by atoms with Crippen molar-refractivity contribution in [3.8, 4) is 11.5 Å². The zero-order valence-electron chi connectivity index (χ0n) is 20.9. The molecule has 2 aromatic rings. The summed E-state index contributed by atoms with van der Waals surface area (Å²) in [4.78, 5) is 42.8. The summed E-state index contributed by atoms with van der Waals surface area (Å²) in [5.41, 5.74) is 1.83. The fourth-order valence-corrected chi connectivity index (χ4v) is 5.04. The molecular weight excluding hydrogens is 462 g/mol. The van der Waals surface area contributed by atoms with E-state index in [2.05, 4.69) is 11.5 Å². The van der Waals surface area contributed by atoms with Gasteiger partial charge in [0, 0.05) is 56.5 Å². The highest BCUT2D eigenvalue weighted by atomic mass is 16.5. The minimum absolute atomic E-state index is 0.207. The molecule has 1 saturated heterocycles. The molecule has 192 valence electrons. The number of ether oxygens (including phenoxy) is 3. The van der Waals surface area contributed by atoms with Gasteiger partial charge in [-0.25, -0.2) is 4.79 Å². The number of hydrogen-bond donors (Lipinski definition) is 0. The van der Waals surface area contributed by atoms with Crippen LogP contribution in [0.1, 0.15) is 34.5 Å². The van der Waals surface area contributed by atoms with E-state index < -0.39 is 12.0 Å². The van der Waals surface area contributed by atoms with Crippen LogP contribution in [-0.4, -0.2) is 72.7 Å². The molecule has 1 fully saturated rings. The van der Waals surface area contributed by atoms with Crippen molar-refractivity contribution in [1.29, 1.82) is 0 Å². The van der Waals surface area contributed by atoms with Gasteiger partial charge >= 0.3 is 5.97 Å². The summed E-state index contributed by atoms with van der Waals surface area (Å²) >= 11 is 0. The molecule has 0 bridgehead atoms. The van der Waals surface area contributed by atoms with Crippen LogP contribution in [-0.2, 0) is 29.0 Å². The summed E-state index contributed by atoms with van der Waals surface area (Å²) in [7, 11) is 2.78. The largest absolute Gasteiger partial charge is 0.496 e. The summed E-state index contributed by atoms with van der Waals surface area (Å²) in [5, 5.41) is 0. The number of hydrogen-bond acceptors (Lipinski definition) is 7. The van der Waals surface area contributed by atoms with Crippen LogP contribution in [0, 0.1) is 0 Å². The first-order valence-electron chi connectivity index (χ1n) is 12.2. The van der Waals surface area contributed by atoms with E-state index in [0.29, 0.717) is 69.9 Å². The van der Waals surface area contributed by atoms with Gasteiger partial charge in [0.2, 0.25) is 0 Å². The molecule has 1 amide bonds. The Hall–Kier alpha value is -3.59. The number of rotatable bonds is 8. The van der Waals surface area contributed by atoms with Gasteiger partial charge < -0.3 is 23.7 Å². The Morgan fingerprint density at radius 2 is 1.92 bits per heavy atom. The average Bonchev–Trinajstić information content (AvgIpc) is 3.29. The first-order chi connectivity index (χ1) is 17.5. The van der Waals surface area contributed by atoms with Gasteiger partial charge in [-0.3, -0.25) is 14.5 Å². The van der Waals surface area contributed by atoms with Gasteiger partial charge in [0.25, 0.3) is 11.5 Å². The predicted molar refractivity (Wildman–Crippen MR) is 134 cm³/mol. The Balaban J connectivity index is 1.62. The van der Waals surface area contributed by atoms with Gasteiger partial charge in [-0.15, -0.1) is 0 Å². The molecule has 2 aliphatic heterocycles. The zero-order chi connectivity index (χ0) is 25.7. The molecule has 9 heteroatoms. The number of fused-ring (bicyclic) bond motifs is 1. The van der Waals surface area contributed by atoms with Gasteiger partial charge in [0.15, 0.2) is 0 Å². The number of nitrogens with zero attached hydrogens (tertiary/aromatic N) is 3. The van der Waals surface area contributed by atoms with Crippen molar-refractivity contribution < 1.29 is 23.8 Å². The Morgan fingerprint density at radius 3 is 2.67 bits per heavy atom. The van der Waals surface area contributed by atoms with Crippen LogP contribution in [0.5, 0.6) is 11.5 Å². The number of carbonyl (C=O) groups excluding carboxylic acids is 2.